The van der Waals surface area contributed by atoms with E-state index in [9.17, 15) is 9.18 Å². The molecule has 3 rings (SSSR count). The summed E-state index contributed by atoms with van der Waals surface area (Å²) in [6.45, 7) is 5.56. The largest absolute Gasteiger partial charge is 0.474 e. The van der Waals surface area contributed by atoms with Crippen LogP contribution in [-0.4, -0.2) is 40.3 Å². The minimum Gasteiger partial charge on any atom is -0.474 e. The molecule has 0 bridgehead atoms. The fourth-order valence-electron chi connectivity index (χ4n) is 3.25. The monoisotopic (exact) mass is 365 g/mol. The van der Waals surface area contributed by atoms with Crippen LogP contribution in [0.15, 0.2) is 24.4 Å². The van der Waals surface area contributed by atoms with Crippen LogP contribution < -0.4 is 4.74 Å². The molecule has 1 amide bonds. The van der Waals surface area contributed by atoms with Crippen molar-refractivity contribution in [3.63, 3.8) is 0 Å². The first kappa shape index (κ1) is 17.9. The standard InChI is InChI=1S/C18H21ClFN3O2/c1-10-6-13(7-22-16(10)25-9-11(2)20)12(3)23-8-14(15(19)21)18(4-5-18)17(23)24/h4-7,11-12,14,21H,8-9H2,1-3H3. The maximum Gasteiger partial charge on any atom is 0.237 e. The predicted molar refractivity (Wildman–Crippen MR) is 93.8 cm³/mol. The van der Waals surface area contributed by atoms with E-state index in [4.69, 9.17) is 21.7 Å². The molecule has 1 aromatic heterocycles. The molecule has 7 heteroatoms. The van der Waals surface area contributed by atoms with Gasteiger partial charge in [-0.25, -0.2) is 9.37 Å². The molecular weight excluding hydrogens is 345 g/mol. The Hall–Kier alpha value is -1.95. The topological polar surface area (TPSA) is 66.3 Å². The summed E-state index contributed by atoms with van der Waals surface area (Å²) in [5.41, 5.74) is 0.956. The maximum atomic E-state index is 12.9. The molecule has 0 saturated carbocycles. The Morgan fingerprint density at radius 2 is 2.24 bits per heavy atom. The third kappa shape index (κ3) is 3.15. The number of aryl methyl sites for hydroxylation is 1. The molecule has 1 fully saturated rings. The quantitative estimate of drug-likeness (QED) is 0.620. The fraction of sp³-hybridized carbons (Fsp3) is 0.500. The summed E-state index contributed by atoms with van der Waals surface area (Å²) in [6, 6.07) is 1.70. The normalized spacial score (nSPS) is 23.0. The molecule has 1 spiro atoms. The molecule has 1 aromatic rings. The Balaban J connectivity index is 1.77. The number of nitrogens with zero attached hydrogens (tertiary/aromatic N) is 2. The molecule has 3 unspecified atom stereocenters. The predicted octanol–water partition coefficient (Wildman–Crippen LogP) is 3.42. The zero-order valence-electron chi connectivity index (χ0n) is 14.4. The van der Waals surface area contributed by atoms with Crippen molar-refractivity contribution in [2.45, 2.75) is 33.0 Å². The second kappa shape index (κ2) is 6.41. The summed E-state index contributed by atoms with van der Waals surface area (Å²) in [6.07, 6.45) is 4.23. The first-order valence-corrected chi connectivity index (χ1v) is 8.63. The van der Waals surface area contributed by atoms with Crippen LogP contribution in [0.4, 0.5) is 4.39 Å². The van der Waals surface area contributed by atoms with E-state index in [-0.39, 0.29) is 29.6 Å². The van der Waals surface area contributed by atoms with Gasteiger partial charge >= 0.3 is 0 Å². The molecule has 134 valence electrons. The summed E-state index contributed by atoms with van der Waals surface area (Å²) in [4.78, 5) is 18.8. The van der Waals surface area contributed by atoms with E-state index in [1.54, 1.807) is 11.1 Å². The van der Waals surface area contributed by atoms with Crippen molar-refractivity contribution < 1.29 is 13.9 Å². The van der Waals surface area contributed by atoms with Gasteiger partial charge in [-0.15, -0.1) is 0 Å². The Morgan fingerprint density at radius 1 is 1.56 bits per heavy atom. The SMILES string of the molecule is Cc1cc(C(C)N2CC(C(=N)Cl)C3(C=C3)C2=O)cnc1OCC(C)F. The van der Waals surface area contributed by atoms with Crippen LogP contribution >= 0.6 is 11.6 Å². The third-order valence-electron chi connectivity index (χ3n) is 4.87. The molecule has 3 atom stereocenters. The number of ether oxygens (including phenoxy) is 1. The van der Waals surface area contributed by atoms with Gasteiger partial charge in [0.2, 0.25) is 11.8 Å². The van der Waals surface area contributed by atoms with Gasteiger partial charge in [0.15, 0.2) is 0 Å². The highest BCUT2D eigenvalue weighted by Crippen LogP contribution is 2.51. The second-order valence-corrected chi connectivity index (χ2v) is 7.19. The lowest BCUT2D eigenvalue weighted by Crippen LogP contribution is -2.31. The van der Waals surface area contributed by atoms with Crippen LogP contribution in [0.3, 0.4) is 0 Å². The molecule has 25 heavy (non-hydrogen) atoms. The van der Waals surface area contributed by atoms with E-state index in [2.05, 4.69) is 4.98 Å². The van der Waals surface area contributed by atoms with Gasteiger partial charge in [-0.05, 0) is 32.4 Å². The van der Waals surface area contributed by atoms with Crippen molar-refractivity contribution in [1.29, 1.82) is 5.41 Å². The second-order valence-electron chi connectivity index (χ2n) is 6.78. The summed E-state index contributed by atoms with van der Waals surface area (Å²) in [5.74, 6) is 0.0559. The zero-order valence-corrected chi connectivity index (χ0v) is 15.2. The summed E-state index contributed by atoms with van der Waals surface area (Å²) in [5, 5.41) is 7.75. The first-order valence-electron chi connectivity index (χ1n) is 8.25. The van der Waals surface area contributed by atoms with Crippen molar-refractivity contribution in [3.05, 3.63) is 35.5 Å². The highest BCUT2D eigenvalue weighted by atomic mass is 35.5. The lowest BCUT2D eigenvalue weighted by atomic mass is 9.91. The van der Waals surface area contributed by atoms with Gasteiger partial charge in [-0.2, -0.15) is 0 Å². The number of halogens is 2. The highest BCUT2D eigenvalue weighted by molar-refractivity contribution is 6.65. The van der Waals surface area contributed by atoms with Crippen LogP contribution in [0.25, 0.3) is 0 Å². The summed E-state index contributed by atoms with van der Waals surface area (Å²) >= 11 is 5.90. The number of hydrogen-bond donors (Lipinski definition) is 1. The van der Waals surface area contributed by atoms with E-state index in [0.717, 1.165) is 11.1 Å². The number of rotatable bonds is 6. The third-order valence-corrected chi connectivity index (χ3v) is 5.13. The van der Waals surface area contributed by atoms with Gasteiger partial charge in [0.05, 0.1) is 17.4 Å². The average Bonchev–Trinajstić information content (AvgIpc) is 3.28. The van der Waals surface area contributed by atoms with Gasteiger partial charge in [0, 0.05) is 18.3 Å². The van der Waals surface area contributed by atoms with Crippen molar-refractivity contribution in [1.82, 2.24) is 9.88 Å². The lowest BCUT2D eigenvalue weighted by molar-refractivity contribution is -0.133. The molecule has 5 nitrogen and oxygen atoms in total. The number of hydrogen-bond acceptors (Lipinski definition) is 4. The molecular formula is C18H21ClFN3O2. The van der Waals surface area contributed by atoms with Gasteiger partial charge in [-0.1, -0.05) is 23.8 Å². The van der Waals surface area contributed by atoms with E-state index >= 15 is 0 Å². The number of alkyl halides is 1. The zero-order chi connectivity index (χ0) is 18.4. The molecule has 1 aliphatic heterocycles. The Morgan fingerprint density at radius 3 is 2.72 bits per heavy atom. The number of amides is 1. The smallest absolute Gasteiger partial charge is 0.237 e. The fourth-order valence-corrected chi connectivity index (χ4v) is 3.50. The molecule has 0 radical (unpaired) electrons. The van der Waals surface area contributed by atoms with E-state index in [1.165, 1.54) is 6.92 Å². The van der Waals surface area contributed by atoms with Gasteiger partial charge < -0.3 is 9.64 Å². The number of carbonyl (C=O) groups excluding carboxylic acids is 1. The van der Waals surface area contributed by atoms with Crippen LogP contribution in [0.5, 0.6) is 5.88 Å². The molecule has 0 aromatic carbocycles. The summed E-state index contributed by atoms with van der Waals surface area (Å²) in [7, 11) is 0. The minimum absolute atomic E-state index is 0.00597. The lowest BCUT2D eigenvalue weighted by Gasteiger charge is -2.25. The van der Waals surface area contributed by atoms with Gasteiger partial charge in [-0.3, -0.25) is 10.2 Å². The molecule has 1 aliphatic carbocycles. The Bertz CT molecular complexity index is 744. The minimum atomic E-state index is -1.06. The van der Waals surface area contributed by atoms with E-state index < -0.39 is 11.6 Å². The summed E-state index contributed by atoms with van der Waals surface area (Å²) < 4.78 is 18.3. The highest BCUT2D eigenvalue weighted by Gasteiger charge is 2.59. The van der Waals surface area contributed by atoms with Crippen molar-refractivity contribution in [2.24, 2.45) is 11.3 Å². The molecule has 2 heterocycles. The van der Waals surface area contributed by atoms with E-state index in [1.807, 2.05) is 32.1 Å². The van der Waals surface area contributed by atoms with Crippen molar-refractivity contribution in [2.75, 3.05) is 13.2 Å². The average molecular weight is 366 g/mol. The number of nitrogens with one attached hydrogen (secondary N) is 1. The van der Waals surface area contributed by atoms with Crippen LogP contribution in [-0.2, 0) is 4.79 Å². The van der Waals surface area contributed by atoms with E-state index in [0.29, 0.717) is 12.4 Å². The van der Waals surface area contributed by atoms with Crippen LogP contribution in [0.2, 0.25) is 0 Å². The Kier molecular flexibility index (Phi) is 4.58. The number of carbonyl (C=O) groups is 1. The molecule has 2 aliphatic rings. The van der Waals surface area contributed by atoms with Gasteiger partial charge in [0.1, 0.15) is 17.9 Å². The molecule has 1 saturated heterocycles. The van der Waals surface area contributed by atoms with Crippen LogP contribution in [0, 0.1) is 23.7 Å². The Labute approximate surface area is 151 Å². The van der Waals surface area contributed by atoms with Crippen molar-refractivity contribution >= 4 is 22.7 Å². The number of pyridine rings is 1. The first-order chi connectivity index (χ1) is 11.8. The number of likely N-dealkylation sites (tertiary alicyclic amines) is 1. The maximum absolute atomic E-state index is 12.9. The van der Waals surface area contributed by atoms with Crippen molar-refractivity contribution in [3.8, 4) is 5.88 Å². The van der Waals surface area contributed by atoms with Gasteiger partial charge in [0.25, 0.3) is 0 Å². The van der Waals surface area contributed by atoms with Crippen LogP contribution in [0.1, 0.15) is 31.0 Å². The number of aromatic nitrogens is 1. The molecule has 1 N–H and O–H groups in total.